The molecule has 1 aromatic rings. The highest BCUT2D eigenvalue weighted by atomic mass is 32.2. The SMILES string of the molecule is CCC(C)c1ccc(COCCS(=O)(=O)[O-])cc1. The molecule has 0 heterocycles. The molecule has 0 fully saturated rings. The van der Waals surface area contributed by atoms with Crippen molar-refractivity contribution >= 4 is 10.1 Å². The van der Waals surface area contributed by atoms with Crippen molar-refractivity contribution < 1.29 is 17.7 Å². The Bertz CT molecular complexity index is 450. The second kappa shape index (κ2) is 6.87. The fourth-order valence-electron chi connectivity index (χ4n) is 1.53. The highest BCUT2D eigenvalue weighted by molar-refractivity contribution is 7.85. The van der Waals surface area contributed by atoms with Crippen LogP contribution in [-0.2, 0) is 21.5 Å². The highest BCUT2D eigenvalue weighted by Crippen LogP contribution is 2.18. The molecule has 0 amide bonds. The number of rotatable bonds is 7. The Labute approximate surface area is 109 Å². The van der Waals surface area contributed by atoms with Crippen LogP contribution in [-0.4, -0.2) is 25.3 Å². The molecule has 0 spiro atoms. The molecule has 0 aliphatic carbocycles. The molecule has 18 heavy (non-hydrogen) atoms. The summed E-state index contributed by atoms with van der Waals surface area (Å²) < 4.78 is 36.2. The molecule has 0 bridgehead atoms. The minimum absolute atomic E-state index is 0.0566. The number of ether oxygens (including phenoxy) is 1. The maximum atomic E-state index is 10.4. The summed E-state index contributed by atoms with van der Waals surface area (Å²) in [7, 11) is -4.17. The van der Waals surface area contributed by atoms with Gasteiger partial charge in [0.2, 0.25) is 0 Å². The van der Waals surface area contributed by atoms with Crippen LogP contribution >= 0.6 is 0 Å². The van der Waals surface area contributed by atoms with E-state index in [1.807, 2.05) is 12.1 Å². The molecule has 1 atom stereocenters. The summed E-state index contributed by atoms with van der Waals surface area (Å²) in [5.74, 6) is 0.0587. The van der Waals surface area contributed by atoms with Crippen molar-refractivity contribution in [2.45, 2.75) is 32.8 Å². The molecule has 0 N–H and O–H groups in total. The molecule has 0 saturated heterocycles. The fourth-order valence-corrected chi connectivity index (χ4v) is 1.85. The van der Waals surface area contributed by atoms with Crippen molar-refractivity contribution in [3.05, 3.63) is 35.4 Å². The van der Waals surface area contributed by atoms with E-state index < -0.39 is 15.9 Å². The van der Waals surface area contributed by atoms with Gasteiger partial charge in [0, 0.05) is 0 Å². The van der Waals surface area contributed by atoms with Crippen LogP contribution in [0.4, 0.5) is 0 Å². The van der Waals surface area contributed by atoms with Crippen LogP contribution in [0, 0.1) is 0 Å². The average molecular weight is 271 g/mol. The Morgan fingerprint density at radius 1 is 1.28 bits per heavy atom. The highest BCUT2D eigenvalue weighted by Gasteiger charge is 2.02. The first-order valence-electron chi connectivity index (χ1n) is 6.02. The van der Waals surface area contributed by atoms with Gasteiger partial charge < -0.3 is 9.29 Å². The fraction of sp³-hybridized carbons (Fsp3) is 0.538. The number of hydrogen-bond acceptors (Lipinski definition) is 4. The van der Waals surface area contributed by atoms with E-state index in [1.54, 1.807) is 0 Å². The lowest BCUT2D eigenvalue weighted by molar-refractivity contribution is 0.134. The molecule has 0 aliphatic heterocycles. The van der Waals surface area contributed by atoms with Crippen LogP contribution in [0.2, 0.25) is 0 Å². The van der Waals surface area contributed by atoms with Crippen molar-refractivity contribution in [2.24, 2.45) is 0 Å². The van der Waals surface area contributed by atoms with E-state index >= 15 is 0 Å². The van der Waals surface area contributed by atoms with Crippen molar-refractivity contribution in [3.8, 4) is 0 Å². The van der Waals surface area contributed by atoms with Gasteiger partial charge in [-0.05, 0) is 23.5 Å². The summed E-state index contributed by atoms with van der Waals surface area (Å²) in [6.45, 7) is 4.59. The summed E-state index contributed by atoms with van der Waals surface area (Å²) in [6, 6.07) is 8.04. The molecular weight excluding hydrogens is 252 g/mol. The second-order valence-electron chi connectivity index (χ2n) is 4.37. The lowest BCUT2D eigenvalue weighted by Crippen LogP contribution is -2.10. The normalized spacial score (nSPS) is 13.5. The maximum Gasteiger partial charge on any atom is 0.0968 e. The van der Waals surface area contributed by atoms with Gasteiger partial charge in [-0.2, -0.15) is 0 Å². The van der Waals surface area contributed by atoms with E-state index in [0.717, 1.165) is 12.0 Å². The molecule has 1 unspecified atom stereocenters. The molecule has 4 nitrogen and oxygen atoms in total. The minimum atomic E-state index is -4.17. The van der Waals surface area contributed by atoms with Gasteiger partial charge in [0.25, 0.3) is 0 Å². The zero-order chi connectivity index (χ0) is 13.6. The van der Waals surface area contributed by atoms with E-state index in [-0.39, 0.29) is 6.61 Å². The first kappa shape index (κ1) is 15.1. The van der Waals surface area contributed by atoms with E-state index in [9.17, 15) is 13.0 Å². The summed E-state index contributed by atoms with van der Waals surface area (Å²) in [4.78, 5) is 0. The zero-order valence-corrected chi connectivity index (χ0v) is 11.6. The first-order chi connectivity index (χ1) is 8.42. The molecule has 1 rings (SSSR count). The van der Waals surface area contributed by atoms with E-state index in [2.05, 4.69) is 26.0 Å². The first-order valence-corrected chi connectivity index (χ1v) is 7.60. The van der Waals surface area contributed by atoms with Crippen LogP contribution in [0.5, 0.6) is 0 Å². The smallest absolute Gasteiger partial charge is 0.0968 e. The van der Waals surface area contributed by atoms with Crippen molar-refractivity contribution in [2.75, 3.05) is 12.4 Å². The Morgan fingerprint density at radius 3 is 2.39 bits per heavy atom. The number of hydrogen-bond donors (Lipinski definition) is 0. The van der Waals surface area contributed by atoms with Crippen LogP contribution in [0.1, 0.15) is 37.3 Å². The minimum Gasteiger partial charge on any atom is -0.748 e. The van der Waals surface area contributed by atoms with Gasteiger partial charge in [0.1, 0.15) is 0 Å². The predicted molar refractivity (Wildman–Crippen MR) is 69.4 cm³/mol. The third-order valence-corrected chi connectivity index (χ3v) is 3.57. The summed E-state index contributed by atoms with van der Waals surface area (Å²) in [5.41, 5.74) is 2.26. The Morgan fingerprint density at radius 2 is 1.89 bits per heavy atom. The molecule has 0 aromatic heterocycles. The predicted octanol–water partition coefficient (Wildman–Crippen LogP) is 2.26. The van der Waals surface area contributed by atoms with Crippen LogP contribution in [0.3, 0.4) is 0 Å². The Balaban J connectivity index is 2.40. The summed E-state index contributed by atoms with van der Waals surface area (Å²) in [5, 5.41) is 0. The van der Waals surface area contributed by atoms with Gasteiger partial charge in [-0.15, -0.1) is 0 Å². The van der Waals surface area contributed by atoms with Crippen LogP contribution < -0.4 is 0 Å². The molecule has 102 valence electrons. The van der Waals surface area contributed by atoms with Crippen LogP contribution in [0.15, 0.2) is 24.3 Å². The van der Waals surface area contributed by atoms with Gasteiger partial charge in [0.15, 0.2) is 0 Å². The largest absolute Gasteiger partial charge is 0.748 e. The van der Waals surface area contributed by atoms with Gasteiger partial charge in [0.05, 0.1) is 29.1 Å². The summed E-state index contributed by atoms with van der Waals surface area (Å²) in [6.07, 6.45) is 1.09. The second-order valence-corrected chi connectivity index (χ2v) is 5.89. The molecule has 5 heteroatoms. The quantitative estimate of drug-likeness (QED) is 0.563. The van der Waals surface area contributed by atoms with E-state index in [1.165, 1.54) is 5.56 Å². The number of benzene rings is 1. The van der Waals surface area contributed by atoms with Crippen molar-refractivity contribution in [1.82, 2.24) is 0 Å². The van der Waals surface area contributed by atoms with Crippen molar-refractivity contribution in [1.29, 1.82) is 0 Å². The van der Waals surface area contributed by atoms with Gasteiger partial charge in [-0.1, -0.05) is 38.1 Å². The standard InChI is InChI=1S/C13H20O4S/c1-3-11(2)13-6-4-12(5-7-13)10-17-8-9-18(14,15)16/h4-7,11H,3,8-10H2,1-2H3,(H,14,15,16)/p-1. The van der Waals surface area contributed by atoms with Crippen LogP contribution in [0.25, 0.3) is 0 Å². The molecule has 0 radical (unpaired) electrons. The average Bonchev–Trinajstić information content (AvgIpc) is 2.33. The van der Waals surface area contributed by atoms with Gasteiger partial charge >= 0.3 is 0 Å². The van der Waals surface area contributed by atoms with Gasteiger partial charge in [-0.3, -0.25) is 0 Å². The lowest BCUT2D eigenvalue weighted by Gasteiger charge is -2.10. The monoisotopic (exact) mass is 271 g/mol. The molecule has 0 saturated carbocycles. The molecular formula is C13H19O4S-. The van der Waals surface area contributed by atoms with E-state index in [4.69, 9.17) is 4.74 Å². The van der Waals surface area contributed by atoms with Crippen molar-refractivity contribution in [3.63, 3.8) is 0 Å². The Kier molecular flexibility index (Phi) is 5.78. The topological polar surface area (TPSA) is 66.4 Å². The maximum absolute atomic E-state index is 10.4. The Hall–Kier alpha value is -0.910. The third-order valence-electron chi connectivity index (χ3n) is 2.91. The third kappa shape index (κ3) is 5.62. The lowest BCUT2D eigenvalue weighted by atomic mass is 9.98. The zero-order valence-electron chi connectivity index (χ0n) is 10.8. The molecule has 0 aliphatic rings. The van der Waals surface area contributed by atoms with Gasteiger partial charge in [-0.25, -0.2) is 8.42 Å². The molecule has 1 aromatic carbocycles. The van der Waals surface area contributed by atoms with E-state index in [0.29, 0.717) is 12.5 Å². The summed E-state index contributed by atoms with van der Waals surface area (Å²) >= 11 is 0.